The fraction of sp³-hybridized carbons (Fsp3) is 0.415. The maximum Gasteiger partial charge on any atom is 0.414 e. The van der Waals surface area contributed by atoms with E-state index in [0.717, 1.165) is 27.6 Å². The number of nitrogens with one attached hydrogen (secondary N) is 1. The van der Waals surface area contributed by atoms with Gasteiger partial charge >= 0.3 is 6.09 Å². The number of pyridine rings is 1. The summed E-state index contributed by atoms with van der Waals surface area (Å²) in [5, 5.41) is 16.5. The predicted molar refractivity (Wildman–Crippen MR) is 198 cm³/mol. The van der Waals surface area contributed by atoms with Gasteiger partial charge in [-0.3, -0.25) is 24.4 Å². The van der Waals surface area contributed by atoms with Gasteiger partial charge in [0.15, 0.2) is 0 Å². The zero-order valence-electron chi connectivity index (χ0n) is 29.8. The van der Waals surface area contributed by atoms with Crippen molar-refractivity contribution < 1.29 is 24.2 Å². The fourth-order valence-corrected chi connectivity index (χ4v) is 6.61. The van der Waals surface area contributed by atoms with Crippen LogP contribution in [0.1, 0.15) is 59.4 Å². The number of imide groups is 1. The zero-order chi connectivity index (χ0) is 35.8. The van der Waals surface area contributed by atoms with Gasteiger partial charge in [0.05, 0.1) is 30.2 Å². The molecule has 0 radical (unpaired) electrons. The summed E-state index contributed by atoms with van der Waals surface area (Å²) in [5.41, 5.74) is 2.22. The number of carbonyl (C=O) groups is 3. The van der Waals surface area contributed by atoms with E-state index in [1.54, 1.807) is 6.20 Å². The highest BCUT2D eigenvalue weighted by molar-refractivity contribution is 5.99. The standard InChI is InChI=1S/C41H50N4O5/c1-28(2)22-33(27-44(40(49)50-41(3,4)5)34-19-18-30-13-6-7-14-31(30)25-34)39(48)45(36-17-11-20-42-26-37(36)46)38(47)24-29-12-10-15-32(23-29)35-16-8-9-21-43-35/h6-10,12-16,18-19,21,23,25,28,33,36-37,42,46H,11,17,20,22,24,26-27H2,1-5H3/t33?,36?,37-/m0/s1. The molecule has 0 saturated carbocycles. The summed E-state index contributed by atoms with van der Waals surface area (Å²) in [4.78, 5) is 50.5. The third-order valence-electron chi connectivity index (χ3n) is 8.90. The van der Waals surface area contributed by atoms with Gasteiger partial charge in [0.2, 0.25) is 11.8 Å². The van der Waals surface area contributed by atoms with Crippen molar-refractivity contribution in [3.05, 3.63) is 96.7 Å². The highest BCUT2D eigenvalue weighted by Crippen LogP contribution is 2.29. The number of aliphatic hydroxyl groups excluding tert-OH is 1. The number of anilines is 1. The van der Waals surface area contributed by atoms with E-state index >= 15 is 0 Å². The first-order chi connectivity index (χ1) is 23.9. The molecular weight excluding hydrogens is 628 g/mol. The van der Waals surface area contributed by atoms with E-state index in [-0.39, 0.29) is 31.3 Å². The molecule has 1 saturated heterocycles. The van der Waals surface area contributed by atoms with Gasteiger partial charge in [0, 0.05) is 30.5 Å². The molecule has 5 rings (SSSR count). The van der Waals surface area contributed by atoms with Crippen LogP contribution in [0, 0.1) is 11.8 Å². The molecule has 2 N–H and O–H groups in total. The molecule has 0 bridgehead atoms. The van der Waals surface area contributed by atoms with E-state index in [2.05, 4.69) is 10.3 Å². The Hall–Kier alpha value is -4.60. The minimum atomic E-state index is -0.938. The van der Waals surface area contributed by atoms with Gasteiger partial charge in [0.25, 0.3) is 0 Å². The lowest BCUT2D eigenvalue weighted by Crippen LogP contribution is -2.55. The lowest BCUT2D eigenvalue weighted by molar-refractivity contribution is -0.153. The highest BCUT2D eigenvalue weighted by atomic mass is 16.6. The SMILES string of the molecule is CC(C)CC(CN(C(=O)OC(C)(C)C)c1ccc2ccccc2c1)C(=O)N(C(=O)Cc1cccc(-c2ccccn2)c1)C1CCCNC[C@@H]1O. The summed E-state index contributed by atoms with van der Waals surface area (Å²) in [7, 11) is 0. The normalized spacial score (nSPS) is 17.2. The van der Waals surface area contributed by atoms with Gasteiger partial charge < -0.3 is 15.2 Å². The Bertz CT molecular complexity index is 1770. The van der Waals surface area contributed by atoms with E-state index < -0.39 is 35.7 Å². The van der Waals surface area contributed by atoms with Crippen molar-refractivity contribution in [3.63, 3.8) is 0 Å². The average Bonchev–Trinajstić information content (AvgIpc) is 3.29. The van der Waals surface area contributed by atoms with Crippen molar-refractivity contribution in [2.24, 2.45) is 11.8 Å². The van der Waals surface area contributed by atoms with Crippen LogP contribution in [0.25, 0.3) is 22.0 Å². The predicted octanol–water partition coefficient (Wildman–Crippen LogP) is 7.02. The summed E-state index contributed by atoms with van der Waals surface area (Å²) >= 11 is 0. The fourth-order valence-electron chi connectivity index (χ4n) is 6.61. The summed E-state index contributed by atoms with van der Waals surface area (Å²) in [5.74, 6) is -1.46. The molecule has 3 aromatic carbocycles. The van der Waals surface area contributed by atoms with Gasteiger partial charge in [-0.1, -0.05) is 68.4 Å². The Balaban J connectivity index is 1.51. The molecule has 264 valence electrons. The minimum absolute atomic E-state index is 0.00424. The quantitative estimate of drug-likeness (QED) is 0.186. The molecule has 0 aliphatic carbocycles. The van der Waals surface area contributed by atoms with Crippen molar-refractivity contribution in [2.45, 2.75) is 78.0 Å². The van der Waals surface area contributed by atoms with Crippen LogP contribution in [0.3, 0.4) is 0 Å². The third kappa shape index (κ3) is 9.55. The molecule has 9 heteroatoms. The number of carbonyl (C=O) groups excluding carboxylic acids is 3. The van der Waals surface area contributed by atoms with Gasteiger partial charge in [-0.05, 0) is 99.2 Å². The highest BCUT2D eigenvalue weighted by Gasteiger charge is 2.40. The largest absolute Gasteiger partial charge is 0.443 e. The number of ether oxygens (including phenoxy) is 1. The Morgan fingerprint density at radius 3 is 2.44 bits per heavy atom. The van der Waals surface area contributed by atoms with Crippen LogP contribution < -0.4 is 10.2 Å². The average molecular weight is 679 g/mol. The number of aromatic nitrogens is 1. The Morgan fingerprint density at radius 2 is 1.72 bits per heavy atom. The zero-order valence-corrected chi connectivity index (χ0v) is 29.8. The summed E-state index contributed by atoms with van der Waals surface area (Å²) in [6, 6.07) is 26.2. The van der Waals surface area contributed by atoms with Crippen LogP contribution in [-0.2, 0) is 20.7 Å². The van der Waals surface area contributed by atoms with Crippen LogP contribution in [0.5, 0.6) is 0 Å². The molecule has 2 unspecified atom stereocenters. The number of β-amino-alcohol motifs (C(OH)–C–C–N with tert-alkyl or cyclic N) is 1. The Labute approximate surface area is 295 Å². The molecule has 0 spiro atoms. The lowest BCUT2D eigenvalue weighted by Gasteiger charge is -2.37. The molecular formula is C41H50N4O5. The number of nitrogens with zero attached hydrogens (tertiary/aromatic N) is 3. The first kappa shape index (κ1) is 36.7. The number of fused-ring (bicyclic) bond motifs is 1. The Kier molecular flexibility index (Phi) is 12.0. The second kappa shape index (κ2) is 16.4. The van der Waals surface area contributed by atoms with Crippen molar-refractivity contribution in [1.82, 2.24) is 15.2 Å². The second-order valence-electron chi connectivity index (χ2n) is 14.6. The molecule has 1 aromatic heterocycles. The van der Waals surface area contributed by atoms with Crippen molar-refractivity contribution >= 4 is 34.4 Å². The molecule has 1 aliphatic rings. The Morgan fingerprint density at radius 1 is 0.960 bits per heavy atom. The molecule has 1 aliphatic heterocycles. The monoisotopic (exact) mass is 678 g/mol. The molecule has 2 heterocycles. The number of hydrogen-bond acceptors (Lipinski definition) is 7. The van der Waals surface area contributed by atoms with Crippen LogP contribution in [0.15, 0.2) is 91.1 Å². The van der Waals surface area contributed by atoms with Crippen LogP contribution >= 0.6 is 0 Å². The molecule has 3 atom stereocenters. The number of hydrogen-bond donors (Lipinski definition) is 2. The number of benzene rings is 3. The van der Waals surface area contributed by atoms with E-state index in [4.69, 9.17) is 4.74 Å². The maximum absolute atomic E-state index is 14.9. The molecule has 3 amide bonds. The first-order valence-electron chi connectivity index (χ1n) is 17.6. The van der Waals surface area contributed by atoms with Gasteiger partial charge in [0.1, 0.15) is 5.60 Å². The van der Waals surface area contributed by atoms with Gasteiger partial charge in [-0.2, -0.15) is 0 Å². The van der Waals surface area contributed by atoms with Crippen molar-refractivity contribution in [3.8, 4) is 11.3 Å². The van der Waals surface area contributed by atoms with Crippen molar-refractivity contribution in [1.29, 1.82) is 0 Å². The summed E-state index contributed by atoms with van der Waals surface area (Å²) in [6.07, 6.45) is 1.77. The van der Waals surface area contributed by atoms with E-state index in [1.807, 2.05) is 120 Å². The van der Waals surface area contributed by atoms with Crippen LogP contribution in [0.2, 0.25) is 0 Å². The second-order valence-corrected chi connectivity index (χ2v) is 14.6. The number of rotatable bonds is 10. The third-order valence-corrected chi connectivity index (χ3v) is 8.90. The first-order valence-corrected chi connectivity index (χ1v) is 17.6. The molecule has 1 fully saturated rings. The molecule has 50 heavy (non-hydrogen) atoms. The van der Waals surface area contributed by atoms with E-state index in [9.17, 15) is 19.5 Å². The lowest BCUT2D eigenvalue weighted by atomic mass is 9.92. The van der Waals surface area contributed by atoms with Crippen LogP contribution in [0.4, 0.5) is 10.5 Å². The summed E-state index contributed by atoms with van der Waals surface area (Å²) in [6.45, 7) is 10.4. The molecule has 9 nitrogen and oxygen atoms in total. The summed E-state index contributed by atoms with van der Waals surface area (Å²) < 4.78 is 5.88. The minimum Gasteiger partial charge on any atom is -0.443 e. The maximum atomic E-state index is 14.9. The van der Waals surface area contributed by atoms with Crippen LogP contribution in [-0.4, -0.2) is 70.3 Å². The number of aliphatic hydroxyl groups is 1. The van der Waals surface area contributed by atoms with E-state index in [0.29, 0.717) is 31.5 Å². The van der Waals surface area contributed by atoms with E-state index in [1.165, 1.54) is 9.80 Å². The topological polar surface area (TPSA) is 112 Å². The smallest absolute Gasteiger partial charge is 0.414 e. The molecule has 4 aromatic rings. The number of amides is 3. The van der Waals surface area contributed by atoms with Gasteiger partial charge in [-0.15, -0.1) is 0 Å². The van der Waals surface area contributed by atoms with Gasteiger partial charge in [-0.25, -0.2) is 4.79 Å². The van der Waals surface area contributed by atoms with Crippen molar-refractivity contribution in [2.75, 3.05) is 24.5 Å².